The highest BCUT2D eigenvalue weighted by Crippen LogP contribution is 2.27. The Bertz CT molecular complexity index is 446. The lowest BCUT2D eigenvalue weighted by Gasteiger charge is -2.16. The lowest BCUT2D eigenvalue weighted by molar-refractivity contribution is 0.354. The van der Waals surface area contributed by atoms with E-state index in [-0.39, 0.29) is 0 Å². The normalized spacial score (nSPS) is 14.3. The molecule has 19 heavy (non-hydrogen) atoms. The first kappa shape index (κ1) is 13.5. The number of nitrogens with one attached hydrogen (secondary N) is 2. The fraction of sp³-hybridized carbons (Fsp3) is 0.500. The van der Waals surface area contributed by atoms with E-state index in [0.29, 0.717) is 0 Å². The van der Waals surface area contributed by atoms with E-state index in [1.165, 1.54) is 5.56 Å². The summed E-state index contributed by atoms with van der Waals surface area (Å²) in [6, 6.07) is 6.00. The molecule has 1 aromatic carbocycles. The molecule has 5 nitrogen and oxygen atoms in total. The van der Waals surface area contributed by atoms with Gasteiger partial charge in [-0.15, -0.1) is 0 Å². The SMILES string of the molecule is COc1ccc(CCNC2=NCCCN2)cc1OC. The summed E-state index contributed by atoms with van der Waals surface area (Å²) >= 11 is 0. The van der Waals surface area contributed by atoms with Gasteiger partial charge in [-0.05, 0) is 30.5 Å². The van der Waals surface area contributed by atoms with E-state index in [1.807, 2.05) is 12.1 Å². The number of hydrogen-bond donors (Lipinski definition) is 2. The number of benzene rings is 1. The standard InChI is InChI=1S/C14H21N3O2/c1-18-12-5-4-11(10-13(12)19-2)6-9-17-14-15-7-3-8-16-14/h4-5,10H,3,6-9H2,1-2H3,(H2,15,16,17). The largest absolute Gasteiger partial charge is 0.493 e. The summed E-state index contributed by atoms with van der Waals surface area (Å²) in [5, 5.41) is 6.54. The van der Waals surface area contributed by atoms with Crippen molar-refractivity contribution in [2.45, 2.75) is 12.8 Å². The molecule has 0 aliphatic carbocycles. The van der Waals surface area contributed by atoms with Crippen molar-refractivity contribution in [1.29, 1.82) is 0 Å². The van der Waals surface area contributed by atoms with Gasteiger partial charge in [-0.1, -0.05) is 6.07 Å². The molecule has 5 heteroatoms. The highest BCUT2D eigenvalue weighted by molar-refractivity contribution is 5.80. The van der Waals surface area contributed by atoms with Crippen molar-refractivity contribution in [1.82, 2.24) is 10.6 Å². The monoisotopic (exact) mass is 263 g/mol. The molecule has 1 heterocycles. The van der Waals surface area contributed by atoms with Crippen LogP contribution in [0.4, 0.5) is 0 Å². The Balaban J connectivity index is 1.87. The van der Waals surface area contributed by atoms with Crippen LogP contribution in [0.2, 0.25) is 0 Å². The van der Waals surface area contributed by atoms with Crippen molar-refractivity contribution < 1.29 is 9.47 Å². The summed E-state index contributed by atoms with van der Waals surface area (Å²) in [6.45, 7) is 2.76. The van der Waals surface area contributed by atoms with E-state index in [9.17, 15) is 0 Å². The van der Waals surface area contributed by atoms with Gasteiger partial charge in [-0.25, -0.2) is 0 Å². The van der Waals surface area contributed by atoms with Gasteiger partial charge in [-0.3, -0.25) is 4.99 Å². The van der Waals surface area contributed by atoms with Crippen LogP contribution in [0.25, 0.3) is 0 Å². The summed E-state index contributed by atoms with van der Waals surface area (Å²) in [6.07, 6.45) is 2.03. The van der Waals surface area contributed by atoms with Crippen LogP contribution in [0.1, 0.15) is 12.0 Å². The second kappa shape index (κ2) is 6.87. The first-order valence-electron chi connectivity index (χ1n) is 6.56. The Morgan fingerprint density at radius 3 is 2.79 bits per heavy atom. The second-order valence-electron chi connectivity index (χ2n) is 4.38. The molecule has 1 aromatic rings. The molecule has 0 radical (unpaired) electrons. The highest BCUT2D eigenvalue weighted by Gasteiger charge is 2.05. The van der Waals surface area contributed by atoms with E-state index >= 15 is 0 Å². The molecule has 0 spiro atoms. The van der Waals surface area contributed by atoms with Crippen molar-refractivity contribution in [2.75, 3.05) is 33.9 Å². The minimum atomic E-state index is 0.762. The predicted octanol–water partition coefficient (Wildman–Crippen LogP) is 1.19. The van der Waals surface area contributed by atoms with Gasteiger partial charge in [0.05, 0.1) is 14.2 Å². The molecule has 0 saturated carbocycles. The Kier molecular flexibility index (Phi) is 4.89. The Hall–Kier alpha value is -1.91. The molecule has 104 valence electrons. The van der Waals surface area contributed by atoms with E-state index < -0.39 is 0 Å². The van der Waals surface area contributed by atoms with Gasteiger partial charge in [0.1, 0.15) is 0 Å². The van der Waals surface area contributed by atoms with Gasteiger partial charge in [0.25, 0.3) is 0 Å². The van der Waals surface area contributed by atoms with Gasteiger partial charge in [0.15, 0.2) is 17.5 Å². The van der Waals surface area contributed by atoms with Crippen LogP contribution in [0.3, 0.4) is 0 Å². The zero-order valence-corrected chi connectivity index (χ0v) is 11.5. The number of aliphatic imine (C=N–C) groups is 1. The minimum absolute atomic E-state index is 0.762. The fourth-order valence-corrected chi connectivity index (χ4v) is 2.01. The number of methoxy groups -OCH3 is 2. The van der Waals surface area contributed by atoms with E-state index in [1.54, 1.807) is 14.2 Å². The van der Waals surface area contributed by atoms with E-state index in [2.05, 4.69) is 21.7 Å². The van der Waals surface area contributed by atoms with Crippen molar-refractivity contribution in [2.24, 2.45) is 4.99 Å². The number of nitrogens with zero attached hydrogens (tertiary/aromatic N) is 1. The minimum Gasteiger partial charge on any atom is -0.493 e. The molecule has 2 rings (SSSR count). The van der Waals surface area contributed by atoms with E-state index in [0.717, 1.165) is 49.9 Å². The summed E-state index contributed by atoms with van der Waals surface area (Å²) < 4.78 is 10.5. The number of hydrogen-bond acceptors (Lipinski definition) is 5. The summed E-state index contributed by atoms with van der Waals surface area (Å²) in [5.74, 6) is 2.44. The van der Waals surface area contributed by atoms with Crippen molar-refractivity contribution in [3.63, 3.8) is 0 Å². The third-order valence-electron chi connectivity index (χ3n) is 3.05. The number of rotatable bonds is 5. The molecule has 0 bridgehead atoms. The van der Waals surface area contributed by atoms with Crippen molar-refractivity contribution >= 4 is 5.96 Å². The average molecular weight is 263 g/mol. The van der Waals surface area contributed by atoms with Crippen LogP contribution < -0.4 is 20.1 Å². The summed E-state index contributed by atoms with van der Waals surface area (Å²) in [5.41, 5.74) is 1.21. The second-order valence-corrected chi connectivity index (χ2v) is 4.38. The van der Waals surface area contributed by atoms with Crippen LogP contribution in [0.15, 0.2) is 23.2 Å². The molecule has 0 fully saturated rings. The highest BCUT2D eigenvalue weighted by atomic mass is 16.5. The number of ether oxygens (including phenoxy) is 2. The van der Waals surface area contributed by atoms with Crippen molar-refractivity contribution in [3.8, 4) is 11.5 Å². The van der Waals surface area contributed by atoms with Gasteiger partial charge < -0.3 is 20.1 Å². The maximum Gasteiger partial charge on any atom is 0.191 e. The van der Waals surface area contributed by atoms with Crippen LogP contribution in [0, 0.1) is 0 Å². The lowest BCUT2D eigenvalue weighted by Crippen LogP contribution is -2.41. The molecule has 0 aromatic heterocycles. The zero-order chi connectivity index (χ0) is 13.5. The smallest absolute Gasteiger partial charge is 0.191 e. The molecule has 0 unspecified atom stereocenters. The lowest BCUT2D eigenvalue weighted by atomic mass is 10.1. The molecule has 0 atom stereocenters. The quantitative estimate of drug-likeness (QED) is 0.838. The first-order valence-corrected chi connectivity index (χ1v) is 6.56. The van der Waals surface area contributed by atoms with Crippen molar-refractivity contribution in [3.05, 3.63) is 23.8 Å². The molecular formula is C14H21N3O2. The van der Waals surface area contributed by atoms with E-state index in [4.69, 9.17) is 9.47 Å². The summed E-state index contributed by atoms with van der Waals surface area (Å²) in [4.78, 5) is 4.37. The third kappa shape index (κ3) is 3.77. The van der Waals surface area contributed by atoms with Crippen LogP contribution >= 0.6 is 0 Å². The average Bonchev–Trinajstić information content (AvgIpc) is 2.48. The van der Waals surface area contributed by atoms with Gasteiger partial charge in [-0.2, -0.15) is 0 Å². The molecular weight excluding hydrogens is 242 g/mol. The maximum absolute atomic E-state index is 5.29. The Morgan fingerprint density at radius 2 is 2.11 bits per heavy atom. The third-order valence-corrected chi connectivity index (χ3v) is 3.05. The van der Waals surface area contributed by atoms with Crippen LogP contribution in [-0.2, 0) is 6.42 Å². The molecule has 0 amide bonds. The predicted molar refractivity (Wildman–Crippen MR) is 76.2 cm³/mol. The zero-order valence-electron chi connectivity index (χ0n) is 11.5. The summed E-state index contributed by atoms with van der Waals surface area (Å²) in [7, 11) is 3.30. The Labute approximate surface area is 114 Å². The number of guanidine groups is 1. The maximum atomic E-state index is 5.29. The van der Waals surface area contributed by atoms with Gasteiger partial charge >= 0.3 is 0 Å². The van der Waals surface area contributed by atoms with Crippen LogP contribution in [0.5, 0.6) is 11.5 Å². The molecule has 1 aliphatic heterocycles. The topological polar surface area (TPSA) is 54.9 Å². The molecule has 1 aliphatic rings. The van der Waals surface area contributed by atoms with Gasteiger partial charge in [0.2, 0.25) is 0 Å². The Morgan fingerprint density at radius 1 is 1.26 bits per heavy atom. The van der Waals surface area contributed by atoms with Gasteiger partial charge in [0, 0.05) is 19.6 Å². The molecule has 2 N–H and O–H groups in total. The molecule has 0 saturated heterocycles. The first-order chi connectivity index (χ1) is 9.33. The van der Waals surface area contributed by atoms with Crippen LogP contribution in [-0.4, -0.2) is 39.8 Å². The fourth-order valence-electron chi connectivity index (χ4n) is 2.01.